The molecular weight excluding hydrogens is 262 g/mol. The van der Waals surface area contributed by atoms with E-state index in [0.29, 0.717) is 11.4 Å². The van der Waals surface area contributed by atoms with Crippen LogP contribution in [0.2, 0.25) is 0 Å². The van der Waals surface area contributed by atoms with Gasteiger partial charge in [0.05, 0.1) is 7.11 Å². The molecule has 2 N–H and O–H groups in total. The third-order valence-electron chi connectivity index (χ3n) is 2.84. The highest BCUT2D eigenvalue weighted by atomic mass is 32.1. The molecule has 1 aromatic carbocycles. The molecule has 1 aromatic heterocycles. The predicted molar refractivity (Wildman–Crippen MR) is 76.3 cm³/mol. The van der Waals surface area contributed by atoms with Crippen molar-refractivity contribution in [3.63, 3.8) is 0 Å². The third-order valence-corrected chi connectivity index (χ3v) is 3.79. The van der Waals surface area contributed by atoms with E-state index >= 15 is 0 Å². The van der Waals surface area contributed by atoms with E-state index in [-0.39, 0.29) is 0 Å². The average molecular weight is 277 g/mol. The summed E-state index contributed by atoms with van der Waals surface area (Å²) in [6.45, 7) is 2.48. The molecule has 0 aliphatic carbocycles. The van der Waals surface area contributed by atoms with Crippen LogP contribution in [0.15, 0.2) is 29.6 Å². The number of benzene rings is 1. The van der Waals surface area contributed by atoms with Gasteiger partial charge in [-0.15, -0.1) is 11.3 Å². The first-order valence-electron chi connectivity index (χ1n) is 5.80. The Kier molecular flexibility index (Phi) is 4.06. The lowest BCUT2D eigenvalue weighted by molar-refractivity contribution is 0.0701. The van der Waals surface area contributed by atoms with Crippen molar-refractivity contribution in [2.24, 2.45) is 0 Å². The van der Waals surface area contributed by atoms with Crippen LogP contribution in [-0.4, -0.2) is 18.2 Å². The van der Waals surface area contributed by atoms with E-state index in [1.165, 1.54) is 11.3 Å². The summed E-state index contributed by atoms with van der Waals surface area (Å²) in [5.74, 6) is -0.0666. The molecule has 1 heterocycles. The second-order valence-electron chi connectivity index (χ2n) is 4.11. The summed E-state index contributed by atoms with van der Waals surface area (Å²) in [5.41, 5.74) is 2.84. The van der Waals surface area contributed by atoms with Crippen LogP contribution in [0.5, 0.6) is 5.75 Å². The first-order valence-corrected chi connectivity index (χ1v) is 6.68. The lowest BCUT2D eigenvalue weighted by Crippen LogP contribution is -2.05. The number of methoxy groups -OCH3 is 1. The number of anilines is 1. The van der Waals surface area contributed by atoms with Crippen molar-refractivity contribution in [3.05, 3.63) is 45.6 Å². The Bertz CT molecular complexity index is 592. The highest BCUT2D eigenvalue weighted by molar-refractivity contribution is 7.12. The third kappa shape index (κ3) is 3.06. The monoisotopic (exact) mass is 277 g/mol. The number of carboxylic acid groups (broad SMARTS) is 1. The second-order valence-corrected chi connectivity index (χ2v) is 5.03. The Morgan fingerprint density at radius 3 is 2.84 bits per heavy atom. The van der Waals surface area contributed by atoms with Gasteiger partial charge in [0.2, 0.25) is 0 Å². The molecule has 2 rings (SSSR count). The van der Waals surface area contributed by atoms with Crippen molar-refractivity contribution < 1.29 is 14.6 Å². The van der Waals surface area contributed by atoms with Crippen molar-refractivity contribution in [3.8, 4) is 5.75 Å². The molecule has 0 unspecified atom stereocenters. The first-order chi connectivity index (χ1) is 9.11. The molecule has 4 nitrogen and oxygen atoms in total. The molecular formula is C14H15NO3S. The van der Waals surface area contributed by atoms with Crippen molar-refractivity contribution in [1.29, 1.82) is 0 Å². The standard InChI is InChI=1S/C14H15NO3S/c1-9-7-11(18-2)3-4-12(9)15-8-10-5-6-19-13(10)14(16)17/h3-7,15H,8H2,1-2H3,(H,16,17). The molecule has 0 spiro atoms. The van der Waals surface area contributed by atoms with Gasteiger partial charge >= 0.3 is 5.97 Å². The minimum absolute atomic E-state index is 0.388. The predicted octanol–water partition coefficient (Wildman–Crippen LogP) is 3.38. The maximum Gasteiger partial charge on any atom is 0.346 e. The maximum atomic E-state index is 11.0. The lowest BCUT2D eigenvalue weighted by atomic mass is 10.1. The minimum Gasteiger partial charge on any atom is -0.497 e. The van der Waals surface area contributed by atoms with Crippen molar-refractivity contribution in [1.82, 2.24) is 0 Å². The molecule has 5 heteroatoms. The zero-order valence-electron chi connectivity index (χ0n) is 10.8. The van der Waals surface area contributed by atoms with Gasteiger partial charge in [-0.3, -0.25) is 0 Å². The van der Waals surface area contributed by atoms with Gasteiger partial charge in [-0.2, -0.15) is 0 Å². The van der Waals surface area contributed by atoms with Crippen molar-refractivity contribution in [2.75, 3.05) is 12.4 Å². The maximum absolute atomic E-state index is 11.0. The molecule has 0 aliphatic heterocycles. The number of rotatable bonds is 5. The highest BCUT2D eigenvalue weighted by Gasteiger charge is 2.11. The average Bonchev–Trinajstić information content (AvgIpc) is 2.85. The van der Waals surface area contributed by atoms with Crippen molar-refractivity contribution >= 4 is 23.0 Å². The van der Waals surface area contributed by atoms with Crippen LogP contribution in [0.1, 0.15) is 20.8 Å². The van der Waals surface area contributed by atoms with Gasteiger partial charge in [0.15, 0.2) is 0 Å². The van der Waals surface area contributed by atoms with Crippen LogP contribution in [0.4, 0.5) is 5.69 Å². The number of thiophene rings is 1. The number of nitrogens with one attached hydrogen (secondary N) is 1. The molecule has 0 radical (unpaired) electrons. The van der Waals surface area contributed by atoms with Crippen LogP contribution in [0, 0.1) is 6.92 Å². The quantitative estimate of drug-likeness (QED) is 0.879. The molecule has 2 aromatic rings. The van der Waals surface area contributed by atoms with Gasteiger partial charge in [-0.05, 0) is 47.7 Å². The van der Waals surface area contributed by atoms with E-state index in [2.05, 4.69) is 5.32 Å². The summed E-state index contributed by atoms with van der Waals surface area (Å²) >= 11 is 1.24. The summed E-state index contributed by atoms with van der Waals surface area (Å²) in [4.78, 5) is 11.4. The van der Waals surface area contributed by atoms with E-state index in [4.69, 9.17) is 9.84 Å². The molecule has 0 saturated heterocycles. The van der Waals surface area contributed by atoms with Gasteiger partial charge < -0.3 is 15.2 Å². The number of aromatic carboxylic acids is 1. The fourth-order valence-electron chi connectivity index (χ4n) is 1.81. The zero-order valence-corrected chi connectivity index (χ0v) is 11.6. The molecule has 0 atom stereocenters. The number of carboxylic acids is 1. The second kappa shape index (κ2) is 5.75. The number of hydrogen-bond acceptors (Lipinski definition) is 4. The summed E-state index contributed by atoms with van der Waals surface area (Å²) in [6.07, 6.45) is 0. The van der Waals surface area contributed by atoms with E-state index in [0.717, 1.165) is 22.6 Å². The fraction of sp³-hybridized carbons (Fsp3) is 0.214. The van der Waals surface area contributed by atoms with Gasteiger partial charge in [0, 0.05) is 12.2 Å². The molecule has 100 valence electrons. The molecule has 0 saturated carbocycles. The fourth-order valence-corrected chi connectivity index (χ4v) is 2.58. The summed E-state index contributed by atoms with van der Waals surface area (Å²) < 4.78 is 5.15. The Balaban J connectivity index is 2.10. The number of hydrogen-bond donors (Lipinski definition) is 2. The SMILES string of the molecule is COc1ccc(NCc2ccsc2C(=O)O)c(C)c1. The summed E-state index contributed by atoms with van der Waals surface area (Å²) in [7, 11) is 1.63. The molecule has 0 amide bonds. The molecule has 0 bridgehead atoms. The minimum atomic E-state index is -0.877. The van der Waals surface area contributed by atoms with Gasteiger partial charge in [0.1, 0.15) is 10.6 Å². The van der Waals surface area contributed by atoms with E-state index in [1.54, 1.807) is 12.5 Å². The lowest BCUT2D eigenvalue weighted by Gasteiger charge is -2.10. The Labute approximate surface area is 115 Å². The van der Waals surface area contributed by atoms with E-state index < -0.39 is 5.97 Å². The smallest absolute Gasteiger partial charge is 0.346 e. The first kappa shape index (κ1) is 13.4. The molecule has 0 aliphatic rings. The zero-order chi connectivity index (χ0) is 13.8. The van der Waals surface area contributed by atoms with Crippen LogP contribution in [0.3, 0.4) is 0 Å². The van der Waals surface area contributed by atoms with Gasteiger partial charge in [0.25, 0.3) is 0 Å². The van der Waals surface area contributed by atoms with Crippen LogP contribution in [0.25, 0.3) is 0 Å². The molecule has 19 heavy (non-hydrogen) atoms. The molecule has 0 fully saturated rings. The van der Waals surface area contributed by atoms with Crippen LogP contribution in [-0.2, 0) is 6.54 Å². The number of aryl methyl sites for hydroxylation is 1. The van der Waals surface area contributed by atoms with Gasteiger partial charge in [-0.25, -0.2) is 4.79 Å². The van der Waals surface area contributed by atoms with Crippen LogP contribution >= 0.6 is 11.3 Å². The Morgan fingerprint density at radius 1 is 1.42 bits per heavy atom. The van der Waals surface area contributed by atoms with Crippen molar-refractivity contribution in [2.45, 2.75) is 13.5 Å². The number of carbonyl (C=O) groups is 1. The highest BCUT2D eigenvalue weighted by Crippen LogP contribution is 2.23. The summed E-state index contributed by atoms with van der Waals surface area (Å²) in [5, 5.41) is 14.1. The van der Waals surface area contributed by atoms with E-state index in [1.807, 2.05) is 31.2 Å². The van der Waals surface area contributed by atoms with Gasteiger partial charge in [-0.1, -0.05) is 0 Å². The van der Waals surface area contributed by atoms with Crippen LogP contribution < -0.4 is 10.1 Å². The summed E-state index contributed by atoms with van der Waals surface area (Å²) in [6, 6.07) is 7.58. The Hall–Kier alpha value is -2.01. The van der Waals surface area contributed by atoms with E-state index in [9.17, 15) is 4.79 Å². The number of ether oxygens (including phenoxy) is 1. The largest absolute Gasteiger partial charge is 0.497 e. The topological polar surface area (TPSA) is 58.6 Å². The Morgan fingerprint density at radius 2 is 2.21 bits per heavy atom. The normalized spacial score (nSPS) is 10.2.